The Hall–Kier alpha value is -0.610. The molecular weight excluding hydrogens is 240 g/mol. The topological polar surface area (TPSA) is 43.8 Å². The van der Waals surface area contributed by atoms with Crippen LogP contribution in [0.15, 0.2) is 0 Å². The quantitative estimate of drug-likeness (QED) is 0.734. The van der Waals surface area contributed by atoms with Crippen LogP contribution in [0.4, 0.5) is 0 Å². The molecule has 0 bridgehead atoms. The van der Waals surface area contributed by atoms with Gasteiger partial charge in [0.15, 0.2) is 0 Å². The maximum atomic E-state index is 13.0. The maximum Gasteiger partial charge on any atom is 0.245 e. The summed E-state index contributed by atoms with van der Waals surface area (Å²) in [5, 5.41) is 12.0. The Bertz CT molecular complexity index is 365. The van der Waals surface area contributed by atoms with E-state index < -0.39 is 11.1 Å². The van der Waals surface area contributed by atoms with Gasteiger partial charge in [-0.1, -0.05) is 19.3 Å². The van der Waals surface area contributed by atoms with Gasteiger partial charge in [-0.3, -0.25) is 4.79 Å². The van der Waals surface area contributed by atoms with Crippen molar-refractivity contribution in [3.8, 4) is 0 Å². The number of amides is 1. The predicted octanol–water partition coefficient (Wildman–Crippen LogP) is 2.80. The smallest absolute Gasteiger partial charge is 0.245 e. The van der Waals surface area contributed by atoms with Crippen LogP contribution in [0, 0.1) is 0 Å². The molecule has 0 radical (unpaired) electrons. The van der Waals surface area contributed by atoms with E-state index in [1.807, 2.05) is 18.7 Å². The fourth-order valence-corrected chi connectivity index (χ4v) is 3.55. The van der Waals surface area contributed by atoms with Crippen LogP contribution >= 0.6 is 0 Å². The molecule has 2 rings (SSSR count). The fourth-order valence-electron chi connectivity index (χ4n) is 3.55. The van der Waals surface area contributed by atoms with E-state index in [0.29, 0.717) is 6.54 Å². The van der Waals surface area contributed by atoms with E-state index in [1.54, 1.807) is 0 Å². The summed E-state index contributed by atoms with van der Waals surface area (Å²) in [4.78, 5) is 14.9. The van der Waals surface area contributed by atoms with E-state index >= 15 is 0 Å². The lowest BCUT2D eigenvalue weighted by atomic mass is 9.75. The zero-order chi connectivity index (χ0) is 14.5. The Morgan fingerprint density at radius 1 is 1.11 bits per heavy atom. The minimum absolute atomic E-state index is 0.113. The fraction of sp³-hybridized carbons (Fsp3) is 0.933. The van der Waals surface area contributed by atoms with E-state index in [9.17, 15) is 10.0 Å². The first kappa shape index (κ1) is 14.8. The van der Waals surface area contributed by atoms with Crippen molar-refractivity contribution in [2.45, 2.75) is 83.3 Å². The Labute approximate surface area is 116 Å². The molecule has 1 N–H and O–H groups in total. The van der Waals surface area contributed by atoms with Gasteiger partial charge in [0, 0.05) is 12.1 Å². The van der Waals surface area contributed by atoms with Gasteiger partial charge >= 0.3 is 0 Å². The van der Waals surface area contributed by atoms with Crippen molar-refractivity contribution in [1.29, 1.82) is 0 Å². The molecular formula is C15H28N2O2. The molecule has 0 atom stereocenters. The largest absolute Gasteiger partial charge is 0.334 e. The molecule has 2 fully saturated rings. The summed E-state index contributed by atoms with van der Waals surface area (Å²) in [6.07, 6.45) is 4.77. The van der Waals surface area contributed by atoms with Crippen molar-refractivity contribution in [2.75, 3.05) is 6.54 Å². The summed E-state index contributed by atoms with van der Waals surface area (Å²) in [5.74, 6) is 0.113. The van der Waals surface area contributed by atoms with Crippen LogP contribution in [0.25, 0.3) is 0 Å². The average Bonchev–Trinajstić information content (AvgIpc) is 2.32. The van der Waals surface area contributed by atoms with E-state index in [0.717, 1.165) is 25.7 Å². The third kappa shape index (κ3) is 2.29. The molecule has 19 heavy (non-hydrogen) atoms. The summed E-state index contributed by atoms with van der Waals surface area (Å²) in [5.41, 5.74) is -1.27. The summed E-state index contributed by atoms with van der Waals surface area (Å²) in [6.45, 7) is 10.8. The van der Waals surface area contributed by atoms with Gasteiger partial charge in [-0.25, -0.2) is 0 Å². The van der Waals surface area contributed by atoms with Crippen molar-refractivity contribution in [3.05, 3.63) is 0 Å². The monoisotopic (exact) mass is 268 g/mol. The first-order chi connectivity index (χ1) is 8.61. The van der Waals surface area contributed by atoms with Crippen LogP contribution in [0.5, 0.6) is 0 Å². The zero-order valence-corrected chi connectivity index (χ0v) is 13.0. The van der Waals surface area contributed by atoms with Crippen molar-refractivity contribution in [1.82, 2.24) is 9.96 Å². The molecule has 1 saturated heterocycles. The minimum Gasteiger partial charge on any atom is -0.334 e. The molecule has 1 saturated carbocycles. The standard InChI is InChI=1S/C15H28N2O2/c1-13(2,3)16-11-14(4,5)17(19)15(12(16)18)9-7-6-8-10-15/h19H,6-11H2,1-5H3. The zero-order valence-electron chi connectivity index (χ0n) is 13.0. The second-order valence-electron chi connectivity index (χ2n) is 7.78. The van der Waals surface area contributed by atoms with E-state index in [1.165, 1.54) is 11.5 Å². The average molecular weight is 268 g/mol. The van der Waals surface area contributed by atoms with Crippen molar-refractivity contribution < 1.29 is 10.0 Å². The number of carbonyl (C=O) groups excluding carboxylic acids is 1. The van der Waals surface area contributed by atoms with Gasteiger partial charge in [0.05, 0.1) is 5.54 Å². The number of carbonyl (C=O) groups is 1. The van der Waals surface area contributed by atoms with Crippen LogP contribution in [-0.2, 0) is 4.79 Å². The summed E-state index contributed by atoms with van der Waals surface area (Å²) < 4.78 is 0. The molecule has 1 amide bonds. The first-order valence-corrected chi connectivity index (χ1v) is 7.43. The molecule has 0 aromatic carbocycles. The van der Waals surface area contributed by atoms with E-state index in [-0.39, 0.29) is 11.4 Å². The highest BCUT2D eigenvalue weighted by Gasteiger charge is 2.57. The lowest BCUT2D eigenvalue weighted by Crippen LogP contribution is -2.75. The van der Waals surface area contributed by atoms with Crippen LogP contribution in [0.3, 0.4) is 0 Å². The van der Waals surface area contributed by atoms with E-state index in [2.05, 4.69) is 20.8 Å². The number of hydroxylamine groups is 2. The number of hydrogen-bond acceptors (Lipinski definition) is 3. The maximum absolute atomic E-state index is 13.0. The second-order valence-corrected chi connectivity index (χ2v) is 7.78. The molecule has 4 nitrogen and oxygen atoms in total. The van der Waals surface area contributed by atoms with Crippen molar-refractivity contribution in [3.63, 3.8) is 0 Å². The molecule has 1 heterocycles. The Morgan fingerprint density at radius 3 is 2.11 bits per heavy atom. The van der Waals surface area contributed by atoms with Crippen molar-refractivity contribution >= 4 is 5.91 Å². The number of rotatable bonds is 0. The predicted molar refractivity (Wildman–Crippen MR) is 75.0 cm³/mol. The normalized spacial score (nSPS) is 27.9. The highest BCUT2D eigenvalue weighted by Crippen LogP contribution is 2.43. The van der Waals surface area contributed by atoms with Crippen LogP contribution in [-0.4, -0.2) is 44.2 Å². The Balaban J connectivity index is 2.42. The molecule has 1 aliphatic heterocycles. The Morgan fingerprint density at radius 2 is 1.63 bits per heavy atom. The minimum atomic E-state index is -0.687. The molecule has 2 aliphatic rings. The summed E-state index contributed by atoms with van der Waals surface area (Å²) in [7, 11) is 0. The molecule has 0 aromatic rings. The van der Waals surface area contributed by atoms with Gasteiger partial charge in [-0.05, 0) is 47.5 Å². The molecule has 110 valence electrons. The summed E-state index contributed by atoms with van der Waals surface area (Å²) in [6, 6.07) is 0. The van der Waals surface area contributed by atoms with E-state index in [4.69, 9.17) is 0 Å². The third-order valence-corrected chi connectivity index (χ3v) is 4.66. The number of piperazine rings is 1. The first-order valence-electron chi connectivity index (χ1n) is 7.43. The number of hydrogen-bond donors (Lipinski definition) is 1. The SMILES string of the molecule is CC(C)(C)N1CC(C)(C)N(O)C2(CCCCC2)C1=O. The van der Waals surface area contributed by atoms with Gasteiger partial charge in [0.25, 0.3) is 0 Å². The lowest BCUT2D eigenvalue weighted by Gasteiger charge is -2.58. The molecule has 0 unspecified atom stereocenters. The second kappa shape index (κ2) is 4.45. The van der Waals surface area contributed by atoms with Gasteiger partial charge < -0.3 is 10.1 Å². The van der Waals surface area contributed by atoms with Gasteiger partial charge in [0.2, 0.25) is 5.91 Å². The van der Waals surface area contributed by atoms with Crippen LogP contribution in [0.1, 0.15) is 66.7 Å². The number of nitrogens with zero attached hydrogens (tertiary/aromatic N) is 2. The van der Waals surface area contributed by atoms with Gasteiger partial charge in [0.1, 0.15) is 5.54 Å². The van der Waals surface area contributed by atoms with Gasteiger partial charge in [-0.2, -0.15) is 5.06 Å². The van der Waals surface area contributed by atoms with Gasteiger partial charge in [-0.15, -0.1) is 0 Å². The lowest BCUT2D eigenvalue weighted by molar-refractivity contribution is -0.266. The molecule has 1 aliphatic carbocycles. The van der Waals surface area contributed by atoms with Crippen LogP contribution in [0.2, 0.25) is 0 Å². The van der Waals surface area contributed by atoms with Crippen molar-refractivity contribution in [2.24, 2.45) is 0 Å². The Kier molecular flexibility index (Phi) is 3.47. The molecule has 4 heteroatoms. The highest BCUT2D eigenvalue weighted by atomic mass is 16.5. The highest BCUT2D eigenvalue weighted by molar-refractivity contribution is 5.88. The molecule has 0 aromatic heterocycles. The van der Waals surface area contributed by atoms with Crippen LogP contribution < -0.4 is 0 Å². The third-order valence-electron chi connectivity index (χ3n) is 4.66. The molecule has 1 spiro atoms. The summed E-state index contributed by atoms with van der Waals surface area (Å²) >= 11 is 0.